The van der Waals surface area contributed by atoms with Crippen molar-refractivity contribution >= 4 is 24.8 Å². The molecule has 0 amide bonds. The highest BCUT2D eigenvalue weighted by molar-refractivity contribution is 6.36. The van der Waals surface area contributed by atoms with Gasteiger partial charge in [0.2, 0.25) is 0 Å². The average Bonchev–Trinajstić information content (AvgIpc) is 3.34. The second-order valence-corrected chi connectivity index (χ2v) is 9.43. The van der Waals surface area contributed by atoms with Gasteiger partial charge >= 0.3 is 0 Å². The molecule has 0 aliphatic carbocycles. The number of phenols is 1. The first-order valence-electron chi connectivity index (χ1n) is 13.1. The summed E-state index contributed by atoms with van der Waals surface area (Å²) >= 11 is 0. The van der Waals surface area contributed by atoms with E-state index in [2.05, 4.69) is 87.9 Å². The number of rotatable bonds is 11. The minimum atomic E-state index is 0.179. The number of benzene rings is 3. The first-order chi connectivity index (χ1) is 18.6. The number of hydrogen-bond donors (Lipinski definition) is 2. The third-order valence-electron chi connectivity index (χ3n) is 6.93. The molecule has 7 heteroatoms. The number of para-hydroxylation sites is 1. The molecule has 0 saturated carbocycles. The van der Waals surface area contributed by atoms with E-state index >= 15 is 0 Å². The predicted molar refractivity (Wildman–Crippen MR) is 155 cm³/mol. The fourth-order valence-electron chi connectivity index (χ4n) is 4.86. The fraction of sp³-hybridized carbons (Fsp3) is 0.226. The molecule has 5 aromatic rings. The predicted octanol–water partition coefficient (Wildman–Crippen LogP) is 4.85. The van der Waals surface area contributed by atoms with E-state index in [9.17, 15) is 5.11 Å². The molecule has 190 valence electrons. The lowest BCUT2D eigenvalue weighted by Crippen LogP contribution is -2.31. The third kappa shape index (κ3) is 5.73. The van der Waals surface area contributed by atoms with Crippen molar-refractivity contribution in [2.24, 2.45) is 0 Å². The van der Waals surface area contributed by atoms with Crippen LogP contribution >= 0.6 is 0 Å². The molecule has 0 spiro atoms. The number of anilines is 1. The van der Waals surface area contributed by atoms with Crippen LogP contribution in [0.3, 0.4) is 0 Å². The van der Waals surface area contributed by atoms with E-state index in [-0.39, 0.29) is 5.75 Å². The van der Waals surface area contributed by atoms with Crippen molar-refractivity contribution in [1.82, 2.24) is 19.5 Å². The van der Waals surface area contributed by atoms with Crippen LogP contribution in [0.25, 0.3) is 16.9 Å². The van der Waals surface area contributed by atoms with Gasteiger partial charge in [0.25, 0.3) is 0 Å². The Bertz CT molecular complexity index is 1430. The Kier molecular flexibility index (Phi) is 8.05. The normalized spacial score (nSPS) is 11.4. The Hall–Kier alpha value is -4.10. The van der Waals surface area contributed by atoms with Crippen molar-refractivity contribution < 1.29 is 5.11 Å². The van der Waals surface area contributed by atoms with Gasteiger partial charge in [-0.25, -0.2) is 4.98 Å². The zero-order chi connectivity index (χ0) is 26.3. The van der Waals surface area contributed by atoms with Gasteiger partial charge in [0, 0.05) is 36.8 Å². The van der Waals surface area contributed by atoms with E-state index < -0.39 is 0 Å². The van der Waals surface area contributed by atoms with Crippen molar-refractivity contribution in [3.63, 3.8) is 0 Å². The molecule has 2 heterocycles. The van der Waals surface area contributed by atoms with Gasteiger partial charge in [-0.2, -0.15) is 9.61 Å². The second-order valence-electron chi connectivity index (χ2n) is 9.43. The van der Waals surface area contributed by atoms with E-state index in [1.165, 1.54) is 11.1 Å². The van der Waals surface area contributed by atoms with Crippen LogP contribution in [0.4, 0.5) is 5.82 Å². The first kappa shape index (κ1) is 25.6. The van der Waals surface area contributed by atoms with E-state index in [0.717, 1.165) is 38.4 Å². The van der Waals surface area contributed by atoms with Crippen LogP contribution in [0.2, 0.25) is 0 Å². The van der Waals surface area contributed by atoms with E-state index in [0.29, 0.717) is 28.3 Å². The highest BCUT2D eigenvalue weighted by atomic mass is 16.3. The summed E-state index contributed by atoms with van der Waals surface area (Å²) in [5.74, 6) is 1.29. The zero-order valence-corrected chi connectivity index (χ0v) is 21.7. The Labute approximate surface area is 225 Å². The van der Waals surface area contributed by atoms with Crippen LogP contribution in [0.1, 0.15) is 30.4 Å². The molecule has 0 unspecified atom stereocenters. The number of aromatic hydroxyl groups is 1. The molecule has 0 atom stereocenters. The molecular weight excluding hydrogens is 469 g/mol. The Morgan fingerprint density at radius 3 is 2.26 bits per heavy atom. The fourth-order valence-corrected chi connectivity index (χ4v) is 4.86. The number of phenolic OH excluding ortho intramolecular Hbond substituents is 1. The summed E-state index contributed by atoms with van der Waals surface area (Å²) in [5, 5.41) is 18.3. The first-order valence-corrected chi connectivity index (χ1v) is 13.1. The summed E-state index contributed by atoms with van der Waals surface area (Å²) in [4.78, 5) is 7.16. The molecule has 6 nitrogen and oxygen atoms in total. The topological polar surface area (TPSA) is 65.7 Å². The minimum absolute atomic E-state index is 0.179. The lowest BCUT2D eigenvalue weighted by atomic mass is 9.90. The van der Waals surface area contributed by atoms with Gasteiger partial charge in [0.05, 0.1) is 5.69 Å². The molecule has 0 fully saturated rings. The molecule has 5 rings (SSSR count). The highest BCUT2D eigenvalue weighted by Gasteiger charge is 2.18. The van der Waals surface area contributed by atoms with E-state index in [1.807, 2.05) is 18.2 Å². The number of hydrogen-bond acceptors (Lipinski definition) is 5. The molecule has 0 bridgehead atoms. The van der Waals surface area contributed by atoms with Crippen molar-refractivity contribution in [3.05, 3.63) is 108 Å². The monoisotopic (exact) mass is 501 g/mol. The summed E-state index contributed by atoms with van der Waals surface area (Å²) in [5.41, 5.74) is 5.04. The molecule has 0 saturated heterocycles. The Balaban J connectivity index is 1.28. The maximum absolute atomic E-state index is 10.4. The standard InChI is InChI=1S/C31H32BN5O/c1-2-36(22-26(23-12-5-3-6-13-23)24-14-7-4-8-15-24)19-11-18-33-30-20-28(25-16-9-10-17-29(25)38)35-31-27(32)21-34-37(30)31/h3-10,12-17,20-21,26,33,38H,2,11,18-19,22H2,1H3. The second kappa shape index (κ2) is 12.0. The van der Waals surface area contributed by atoms with Crippen LogP contribution in [-0.4, -0.2) is 58.6 Å². The third-order valence-corrected chi connectivity index (χ3v) is 6.93. The van der Waals surface area contributed by atoms with Crippen LogP contribution < -0.4 is 10.8 Å². The molecule has 2 aromatic heterocycles. The quantitative estimate of drug-likeness (QED) is 0.200. The molecule has 2 radical (unpaired) electrons. The van der Waals surface area contributed by atoms with Crippen molar-refractivity contribution in [2.75, 3.05) is 31.5 Å². The summed E-state index contributed by atoms with van der Waals surface area (Å²) in [7, 11) is 6.14. The Morgan fingerprint density at radius 2 is 1.61 bits per heavy atom. The van der Waals surface area contributed by atoms with Crippen molar-refractivity contribution in [2.45, 2.75) is 19.3 Å². The SMILES string of the molecule is [B]c1cnn2c(NCCCN(CC)CC(c3ccccc3)c3ccccc3)cc(-c3ccccc3O)nc12. The summed E-state index contributed by atoms with van der Waals surface area (Å²) in [6.07, 6.45) is 2.56. The molecule has 0 aliphatic rings. The summed E-state index contributed by atoms with van der Waals surface area (Å²) in [6.45, 7) is 5.87. The zero-order valence-electron chi connectivity index (χ0n) is 21.7. The molecular formula is C31H32BN5O. The van der Waals surface area contributed by atoms with Gasteiger partial charge in [-0.3, -0.25) is 0 Å². The number of likely N-dealkylation sites (N-methyl/N-ethyl adjacent to an activating group) is 1. The lowest BCUT2D eigenvalue weighted by molar-refractivity contribution is 0.278. The van der Waals surface area contributed by atoms with Gasteiger partial charge in [0.15, 0.2) is 5.65 Å². The minimum Gasteiger partial charge on any atom is -0.507 e. The number of nitrogens with zero attached hydrogens (tertiary/aromatic N) is 4. The maximum atomic E-state index is 10.4. The van der Waals surface area contributed by atoms with E-state index in [1.54, 1.807) is 22.8 Å². The summed E-state index contributed by atoms with van der Waals surface area (Å²) in [6, 6.07) is 30.6. The Morgan fingerprint density at radius 1 is 0.947 bits per heavy atom. The van der Waals surface area contributed by atoms with Gasteiger partial charge in [-0.1, -0.05) is 79.7 Å². The molecule has 2 N–H and O–H groups in total. The molecule has 38 heavy (non-hydrogen) atoms. The number of nitrogens with one attached hydrogen (secondary N) is 1. The van der Waals surface area contributed by atoms with Crippen LogP contribution in [-0.2, 0) is 0 Å². The van der Waals surface area contributed by atoms with Crippen molar-refractivity contribution in [1.29, 1.82) is 0 Å². The van der Waals surface area contributed by atoms with E-state index in [4.69, 9.17) is 7.85 Å². The lowest BCUT2D eigenvalue weighted by Gasteiger charge is -2.27. The van der Waals surface area contributed by atoms with Crippen LogP contribution in [0, 0.1) is 0 Å². The summed E-state index contributed by atoms with van der Waals surface area (Å²) < 4.78 is 1.72. The maximum Gasteiger partial charge on any atom is 0.150 e. The van der Waals surface area contributed by atoms with Crippen LogP contribution in [0.5, 0.6) is 5.75 Å². The molecule has 0 aliphatic heterocycles. The highest BCUT2D eigenvalue weighted by Crippen LogP contribution is 2.29. The number of fused-ring (bicyclic) bond motifs is 1. The number of aromatic nitrogens is 3. The van der Waals surface area contributed by atoms with Gasteiger partial charge < -0.3 is 15.3 Å². The largest absolute Gasteiger partial charge is 0.507 e. The smallest absolute Gasteiger partial charge is 0.150 e. The van der Waals surface area contributed by atoms with Gasteiger partial charge in [0.1, 0.15) is 19.4 Å². The average molecular weight is 501 g/mol. The van der Waals surface area contributed by atoms with Gasteiger partial charge in [-0.15, -0.1) is 0 Å². The molecule has 3 aromatic carbocycles. The van der Waals surface area contributed by atoms with Crippen molar-refractivity contribution in [3.8, 4) is 17.0 Å². The van der Waals surface area contributed by atoms with Gasteiger partial charge in [-0.05, 0) is 48.2 Å². The van der Waals surface area contributed by atoms with Crippen LogP contribution in [0.15, 0.2) is 97.2 Å².